The van der Waals surface area contributed by atoms with E-state index in [2.05, 4.69) is 25.6 Å². The molecule has 1 aromatic carbocycles. The van der Waals surface area contributed by atoms with Crippen molar-refractivity contribution in [1.82, 2.24) is 25.2 Å². The molecule has 2 aliphatic rings. The zero-order valence-corrected chi connectivity index (χ0v) is 23.8. The highest BCUT2D eigenvalue weighted by atomic mass is 35.5. The Morgan fingerprint density at radius 3 is 2.70 bits per heavy atom. The van der Waals surface area contributed by atoms with E-state index in [4.69, 9.17) is 11.6 Å². The first kappa shape index (κ1) is 27.8. The van der Waals surface area contributed by atoms with Gasteiger partial charge in [-0.2, -0.15) is 0 Å². The molecule has 1 fully saturated rings. The number of halogens is 1. The molecule has 2 unspecified atom stereocenters. The van der Waals surface area contributed by atoms with Crippen LogP contribution in [0, 0.1) is 0 Å². The monoisotopic (exact) mass is 563 g/mol. The Kier molecular flexibility index (Phi) is 7.91. The van der Waals surface area contributed by atoms with E-state index >= 15 is 0 Å². The fourth-order valence-corrected chi connectivity index (χ4v) is 5.37. The molecule has 3 N–H and O–H groups in total. The number of nitrogens with one attached hydrogen (secondary N) is 2. The minimum Gasteiger partial charge on any atom is -0.393 e. The maximum atomic E-state index is 13.4. The van der Waals surface area contributed by atoms with Gasteiger partial charge in [-0.1, -0.05) is 29.8 Å². The summed E-state index contributed by atoms with van der Waals surface area (Å²) in [7, 11) is 3.83. The Labute approximate surface area is 238 Å². The summed E-state index contributed by atoms with van der Waals surface area (Å²) in [4.78, 5) is 43.6. The minimum absolute atomic E-state index is 0.0993. The van der Waals surface area contributed by atoms with Gasteiger partial charge in [-0.3, -0.25) is 9.59 Å². The van der Waals surface area contributed by atoms with Gasteiger partial charge in [-0.05, 0) is 56.9 Å². The molecule has 2 amide bonds. The number of hydrogen-bond donors (Lipinski definition) is 3. The quantitative estimate of drug-likeness (QED) is 0.378. The second-order valence-corrected chi connectivity index (χ2v) is 11.1. The molecule has 5 rings (SSSR count). The predicted molar refractivity (Wildman–Crippen MR) is 154 cm³/mol. The number of hydrogen-bond acceptors (Lipinski definition) is 8. The summed E-state index contributed by atoms with van der Waals surface area (Å²) in [5, 5.41) is 16.5. The van der Waals surface area contributed by atoms with Gasteiger partial charge in [0, 0.05) is 37.8 Å². The van der Waals surface area contributed by atoms with Crippen molar-refractivity contribution in [3.63, 3.8) is 0 Å². The Balaban J connectivity index is 1.29. The average Bonchev–Trinajstić information content (AvgIpc) is 3.50. The van der Waals surface area contributed by atoms with E-state index in [1.165, 1.54) is 6.20 Å². The average molecular weight is 564 g/mol. The number of benzene rings is 1. The molecule has 2 aromatic heterocycles. The summed E-state index contributed by atoms with van der Waals surface area (Å²) in [6.07, 6.45) is 3.46. The standard InChI is InChI=1S/C29H34ClN7O3/c1-16(24-6-5-7-25(34-24)36(3)4)32-27(39)17(2)37-15-19-9-8-18(12-22(19)28(37)40)26-23(30)14-31-29(35-26)33-20-10-11-21(38)13-20/h5-9,12,14,16-17,20-21,38H,10-11,13,15H2,1-4H3,(H,32,39)(H,31,33,35)/t16?,17?,20-,21-/m1/s1. The summed E-state index contributed by atoms with van der Waals surface area (Å²) in [6.45, 7) is 3.94. The highest BCUT2D eigenvalue weighted by Crippen LogP contribution is 2.33. The van der Waals surface area contributed by atoms with Gasteiger partial charge in [0.2, 0.25) is 11.9 Å². The van der Waals surface area contributed by atoms with Crippen LogP contribution in [0.4, 0.5) is 11.8 Å². The summed E-state index contributed by atoms with van der Waals surface area (Å²) in [5.74, 6) is 0.759. The van der Waals surface area contributed by atoms with Gasteiger partial charge in [0.15, 0.2) is 0 Å². The summed E-state index contributed by atoms with van der Waals surface area (Å²) in [6, 6.07) is 10.3. The van der Waals surface area contributed by atoms with Gasteiger partial charge in [0.05, 0.1) is 34.8 Å². The van der Waals surface area contributed by atoms with Gasteiger partial charge >= 0.3 is 0 Å². The molecule has 3 aromatic rings. The van der Waals surface area contributed by atoms with E-state index < -0.39 is 6.04 Å². The summed E-state index contributed by atoms with van der Waals surface area (Å²) >= 11 is 6.46. The SMILES string of the molecule is CC(NC(=O)C(C)N1Cc2ccc(-c3nc(N[C@@H]4CC[C@@H](O)C4)ncc3Cl)cc2C1=O)c1cccc(N(C)C)n1. The predicted octanol–water partition coefficient (Wildman–Crippen LogP) is 3.81. The van der Waals surface area contributed by atoms with Crippen LogP contribution in [0.5, 0.6) is 0 Å². The molecule has 0 spiro atoms. The Bertz CT molecular complexity index is 1430. The number of aliphatic hydroxyl groups is 1. The van der Waals surface area contributed by atoms with Crippen molar-refractivity contribution in [3.8, 4) is 11.3 Å². The lowest BCUT2D eigenvalue weighted by atomic mass is 10.0. The number of rotatable bonds is 8. The van der Waals surface area contributed by atoms with Crippen molar-refractivity contribution in [3.05, 3.63) is 64.4 Å². The summed E-state index contributed by atoms with van der Waals surface area (Å²) < 4.78 is 0. The van der Waals surface area contributed by atoms with Crippen LogP contribution in [0.1, 0.15) is 60.8 Å². The number of nitrogens with zero attached hydrogens (tertiary/aromatic N) is 5. The Morgan fingerprint density at radius 2 is 1.98 bits per heavy atom. The molecule has 10 nitrogen and oxygen atoms in total. The molecular formula is C29H34ClN7O3. The number of aliphatic hydroxyl groups excluding tert-OH is 1. The van der Waals surface area contributed by atoms with E-state index in [1.807, 2.05) is 56.3 Å². The van der Waals surface area contributed by atoms with Crippen LogP contribution in [0.3, 0.4) is 0 Å². The second-order valence-electron chi connectivity index (χ2n) is 10.7. The van der Waals surface area contributed by atoms with E-state index in [0.29, 0.717) is 40.8 Å². The molecule has 1 saturated carbocycles. The van der Waals surface area contributed by atoms with Crippen LogP contribution < -0.4 is 15.5 Å². The largest absolute Gasteiger partial charge is 0.393 e. The van der Waals surface area contributed by atoms with Crippen LogP contribution in [0.25, 0.3) is 11.3 Å². The number of carbonyl (C=O) groups excluding carboxylic acids is 2. The van der Waals surface area contributed by atoms with Crippen LogP contribution in [-0.2, 0) is 11.3 Å². The van der Waals surface area contributed by atoms with Crippen molar-refractivity contribution >= 4 is 35.2 Å². The number of pyridine rings is 1. The molecule has 0 radical (unpaired) electrons. The topological polar surface area (TPSA) is 124 Å². The fourth-order valence-electron chi connectivity index (χ4n) is 5.17. The molecule has 1 aliphatic carbocycles. The highest BCUT2D eigenvalue weighted by molar-refractivity contribution is 6.33. The molecule has 1 aliphatic heterocycles. The first-order valence-corrected chi connectivity index (χ1v) is 13.8. The van der Waals surface area contributed by atoms with Crippen LogP contribution in [-0.4, -0.2) is 69.1 Å². The van der Waals surface area contributed by atoms with Gasteiger partial charge in [0.1, 0.15) is 11.9 Å². The van der Waals surface area contributed by atoms with Crippen LogP contribution in [0.2, 0.25) is 5.02 Å². The molecule has 40 heavy (non-hydrogen) atoms. The summed E-state index contributed by atoms with van der Waals surface area (Å²) in [5.41, 5.74) is 3.30. The van der Waals surface area contributed by atoms with Gasteiger partial charge in [-0.25, -0.2) is 15.0 Å². The van der Waals surface area contributed by atoms with E-state index in [1.54, 1.807) is 17.9 Å². The lowest BCUT2D eigenvalue weighted by Gasteiger charge is -2.25. The number of carbonyl (C=O) groups is 2. The third-order valence-corrected chi connectivity index (χ3v) is 7.84. The third-order valence-electron chi connectivity index (χ3n) is 7.56. The molecular weight excluding hydrogens is 530 g/mol. The third kappa shape index (κ3) is 5.73. The van der Waals surface area contributed by atoms with Gasteiger partial charge < -0.3 is 25.5 Å². The maximum Gasteiger partial charge on any atom is 0.255 e. The molecule has 4 atom stereocenters. The number of amides is 2. The fraction of sp³-hybridized carbons (Fsp3) is 0.414. The number of fused-ring (bicyclic) bond motifs is 1. The van der Waals surface area contributed by atoms with Gasteiger partial charge in [-0.15, -0.1) is 0 Å². The van der Waals surface area contributed by atoms with Crippen molar-refractivity contribution in [2.45, 2.75) is 63.9 Å². The number of anilines is 2. The van der Waals surface area contributed by atoms with E-state index in [0.717, 1.165) is 29.9 Å². The van der Waals surface area contributed by atoms with Crippen molar-refractivity contribution < 1.29 is 14.7 Å². The Morgan fingerprint density at radius 1 is 1.18 bits per heavy atom. The zero-order valence-electron chi connectivity index (χ0n) is 23.1. The lowest BCUT2D eigenvalue weighted by Crippen LogP contribution is -2.46. The molecule has 11 heteroatoms. The van der Waals surface area contributed by atoms with Crippen molar-refractivity contribution in [2.24, 2.45) is 0 Å². The highest BCUT2D eigenvalue weighted by Gasteiger charge is 2.35. The number of aromatic nitrogens is 3. The van der Waals surface area contributed by atoms with Crippen LogP contribution in [0.15, 0.2) is 42.6 Å². The second kappa shape index (κ2) is 11.4. The molecule has 210 valence electrons. The molecule has 0 bridgehead atoms. The van der Waals surface area contributed by atoms with Gasteiger partial charge in [0.25, 0.3) is 5.91 Å². The maximum absolute atomic E-state index is 13.4. The first-order valence-electron chi connectivity index (χ1n) is 13.5. The smallest absolute Gasteiger partial charge is 0.255 e. The minimum atomic E-state index is -0.678. The van der Waals surface area contributed by atoms with Crippen LogP contribution >= 0.6 is 11.6 Å². The molecule has 3 heterocycles. The molecule has 0 saturated heterocycles. The first-order chi connectivity index (χ1) is 19.1. The zero-order chi connectivity index (χ0) is 28.6. The van der Waals surface area contributed by atoms with Crippen molar-refractivity contribution in [2.75, 3.05) is 24.3 Å². The van der Waals surface area contributed by atoms with E-state index in [9.17, 15) is 14.7 Å². The lowest BCUT2D eigenvalue weighted by molar-refractivity contribution is -0.125. The normalized spacial score (nSPS) is 19.8. The van der Waals surface area contributed by atoms with E-state index in [-0.39, 0.29) is 30.0 Å². The Hall–Kier alpha value is -3.76. The van der Waals surface area contributed by atoms with Crippen molar-refractivity contribution in [1.29, 1.82) is 0 Å².